The largest absolute Gasteiger partial charge is 0.455 e. The molecule has 0 saturated heterocycles. The minimum Gasteiger partial charge on any atom is -0.455 e. The molecule has 4 heteroatoms. The van der Waals surface area contributed by atoms with E-state index in [1.165, 1.54) is 0 Å². The second kappa shape index (κ2) is 5.40. The van der Waals surface area contributed by atoms with E-state index in [9.17, 15) is 15.0 Å². The van der Waals surface area contributed by atoms with Crippen LogP contribution in [0.15, 0.2) is 12.2 Å². The van der Waals surface area contributed by atoms with Crippen LogP contribution >= 0.6 is 0 Å². The van der Waals surface area contributed by atoms with Gasteiger partial charge in [0.25, 0.3) is 0 Å². The number of rotatable bonds is 4. The highest BCUT2D eigenvalue weighted by atomic mass is 16.6. The Balaban J connectivity index is 2.36. The molecule has 2 aliphatic carbocycles. The van der Waals surface area contributed by atoms with Crippen molar-refractivity contribution in [2.24, 2.45) is 11.3 Å². The molecule has 2 saturated carbocycles. The molecule has 0 heterocycles. The zero-order valence-corrected chi connectivity index (χ0v) is 13.4. The maximum Gasteiger partial charge on any atom is 0.333 e. The van der Waals surface area contributed by atoms with E-state index in [0.717, 1.165) is 25.7 Å². The summed E-state index contributed by atoms with van der Waals surface area (Å²) in [5.74, 6) is -0.632. The Hall–Kier alpha value is -0.870. The minimum atomic E-state index is -0.799. The van der Waals surface area contributed by atoms with Crippen LogP contribution in [-0.2, 0) is 9.53 Å². The fourth-order valence-electron chi connectivity index (χ4n) is 4.42. The van der Waals surface area contributed by atoms with Crippen molar-refractivity contribution in [1.82, 2.24) is 0 Å². The minimum absolute atomic E-state index is 0.0377. The molecular formula is C17H28O4. The lowest BCUT2D eigenvalue weighted by Gasteiger charge is -2.57. The number of carbonyl (C=O) groups excluding carboxylic acids is 1. The summed E-state index contributed by atoms with van der Waals surface area (Å²) < 4.78 is 5.80. The van der Waals surface area contributed by atoms with Crippen LogP contribution in [-0.4, -0.2) is 34.0 Å². The van der Waals surface area contributed by atoms with Crippen LogP contribution in [0, 0.1) is 11.3 Å². The van der Waals surface area contributed by atoms with Crippen LogP contribution in [0.1, 0.15) is 59.3 Å². The molecule has 21 heavy (non-hydrogen) atoms. The van der Waals surface area contributed by atoms with Crippen molar-refractivity contribution in [2.45, 2.75) is 70.5 Å². The van der Waals surface area contributed by atoms with Crippen molar-refractivity contribution in [2.75, 3.05) is 6.61 Å². The number of fused-ring (bicyclic) bond motifs is 2. The average molecular weight is 296 g/mol. The van der Waals surface area contributed by atoms with Crippen LogP contribution in [0.25, 0.3) is 0 Å². The van der Waals surface area contributed by atoms with E-state index < -0.39 is 17.2 Å². The van der Waals surface area contributed by atoms with Gasteiger partial charge in [-0.3, -0.25) is 0 Å². The van der Waals surface area contributed by atoms with E-state index in [0.29, 0.717) is 18.4 Å². The van der Waals surface area contributed by atoms with Crippen molar-refractivity contribution in [3.63, 3.8) is 0 Å². The van der Waals surface area contributed by atoms with Crippen molar-refractivity contribution >= 4 is 5.97 Å². The highest BCUT2D eigenvalue weighted by molar-refractivity contribution is 5.87. The van der Waals surface area contributed by atoms with Gasteiger partial charge in [0.15, 0.2) is 0 Å². The fourth-order valence-corrected chi connectivity index (χ4v) is 4.42. The Morgan fingerprint density at radius 1 is 1.33 bits per heavy atom. The van der Waals surface area contributed by atoms with E-state index >= 15 is 0 Å². The monoisotopic (exact) mass is 296 g/mol. The molecule has 0 spiro atoms. The summed E-state index contributed by atoms with van der Waals surface area (Å²) >= 11 is 0. The van der Waals surface area contributed by atoms with Crippen LogP contribution < -0.4 is 0 Å². The van der Waals surface area contributed by atoms with Gasteiger partial charge in [-0.1, -0.05) is 26.8 Å². The van der Waals surface area contributed by atoms with Gasteiger partial charge in [-0.15, -0.1) is 0 Å². The Labute approximate surface area is 127 Å². The van der Waals surface area contributed by atoms with Gasteiger partial charge < -0.3 is 14.9 Å². The number of aliphatic hydroxyl groups excluding tert-OH is 1. The molecule has 2 N–H and O–H groups in total. The van der Waals surface area contributed by atoms with Gasteiger partial charge in [-0.05, 0) is 38.0 Å². The molecule has 2 fully saturated rings. The highest BCUT2D eigenvalue weighted by Crippen LogP contribution is 2.57. The quantitative estimate of drug-likeness (QED) is 0.618. The summed E-state index contributed by atoms with van der Waals surface area (Å²) in [5.41, 5.74) is -1.27. The molecule has 120 valence electrons. The second-order valence-electron chi connectivity index (χ2n) is 7.74. The van der Waals surface area contributed by atoms with Crippen molar-refractivity contribution in [1.29, 1.82) is 0 Å². The van der Waals surface area contributed by atoms with Gasteiger partial charge in [0.05, 0.1) is 5.60 Å². The van der Waals surface area contributed by atoms with Crippen LogP contribution in [0.5, 0.6) is 0 Å². The molecule has 4 unspecified atom stereocenters. The first-order valence-electron chi connectivity index (χ1n) is 7.86. The summed E-state index contributed by atoms with van der Waals surface area (Å²) in [4.78, 5) is 12.1. The molecule has 2 bridgehead atoms. The van der Waals surface area contributed by atoms with Gasteiger partial charge in [0, 0.05) is 24.5 Å². The third-order valence-electron chi connectivity index (χ3n) is 5.35. The van der Waals surface area contributed by atoms with E-state index in [1.807, 2.05) is 6.92 Å². The number of hydrogen-bond acceptors (Lipinski definition) is 4. The Morgan fingerprint density at radius 2 is 2.00 bits per heavy atom. The van der Waals surface area contributed by atoms with E-state index in [1.54, 1.807) is 6.92 Å². The number of ether oxygens (including phenoxy) is 1. The third-order valence-corrected chi connectivity index (χ3v) is 5.35. The van der Waals surface area contributed by atoms with Gasteiger partial charge in [0.1, 0.15) is 5.60 Å². The summed E-state index contributed by atoms with van der Waals surface area (Å²) in [6.45, 7) is 9.25. The van der Waals surface area contributed by atoms with Gasteiger partial charge >= 0.3 is 5.97 Å². The normalized spacial score (nSPS) is 40.4. The highest BCUT2D eigenvalue weighted by Gasteiger charge is 2.57. The SMILES string of the molecule is C=C(C)C(=O)OC1(C(C)CO)CC2(C)CCCC(O)(C2)C1. The lowest BCUT2D eigenvalue weighted by molar-refractivity contribution is -0.210. The Bertz CT molecular complexity index is 426. The maximum atomic E-state index is 12.1. The fraction of sp³-hybridized carbons (Fsp3) is 0.824. The van der Waals surface area contributed by atoms with Crippen molar-refractivity contribution < 1.29 is 19.7 Å². The molecule has 0 amide bonds. The van der Waals surface area contributed by atoms with Crippen LogP contribution in [0.2, 0.25) is 0 Å². The molecule has 0 aromatic rings. The first-order chi connectivity index (χ1) is 9.64. The average Bonchev–Trinajstić information content (AvgIpc) is 2.34. The Kier molecular flexibility index (Phi) is 4.24. The predicted octanol–water partition coefficient (Wildman–Crippen LogP) is 2.58. The van der Waals surface area contributed by atoms with Gasteiger partial charge in [0.2, 0.25) is 0 Å². The lowest BCUT2D eigenvalue weighted by Crippen LogP contribution is -2.59. The number of aliphatic hydroxyl groups is 2. The predicted molar refractivity (Wildman–Crippen MR) is 80.6 cm³/mol. The Morgan fingerprint density at radius 3 is 2.52 bits per heavy atom. The summed E-state index contributed by atoms with van der Waals surface area (Å²) in [6, 6.07) is 0. The summed E-state index contributed by atoms with van der Waals surface area (Å²) in [5, 5.41) is 20.5. The molecule has 0 aromatic heterocycles. The number of carbonyl (C=O) groups is 1. The van der Waals surface area contributed by atoms with Gasteiger partial charge in [-0.2, -0.15) is 0 Å². The zero-order valence-electron chi connectivity index (χ0n) is 13.4. The second-order valence-corrected chi connectivity index (χ2v) is 7.74. The molecule has 2 rings (SSSR count). The number of hydrogen-bond donors (Lipinski definition) is 2. The number of esters is 1. The molecule has 2 aliphatic rings. The van der Waals surface area contributed by atoms with E-state index in [-0.39, 0.29) is 17.9 Å². The molecule has 0 radical (unpaired) electrons. The molecular weight excluding hydrogens is 268 g/mol. The van der Waals surface area contributed by atoms with Crippen LogP contribution in [0.4, 0.5) is 0 Å². The van der Waals surface area contributed by atoms with Gasteiger partial charge in [-0.25, -0.2) is 4.79 Å². The lowest BCUT2D eigenvalue weighted by atomic mass is 9.54. The zero-order chi connectivity index (χ0) is 15.9. The maximum absolute atomic E-state index is 12.1. The van der Waals surface area contributed by atoms with Crippen LogP contribution in [0.3, 0.4) is 0 Å². The smallest absolute Gasteiger partial charge is 0.333 e. The van der Waals surface area contributed by atoms with Crippen molar-refractivity contribution in [3.05, 3.63) is 12.2 Å². The van der Waals surface area contributed by atoms with Crippen molar-refractivity contribution in [3.8, 4) is 0 Å². The molecule has 0 aromatic carbocycles. The molecule has 4 atom stereocenters. The summed E-state index contributed by atoms with van der Waals surface area (Å²) in [6.07, 6.45) is 4.64. The first-order valence-corrected chi connectivity index (χ1v) is 7.86. The standard InChI is InChI=1S/C17H28O4/c1-12(2)14(19)21-17(13(3)8-18)10-15(4)6-5-7-16(20,9-15)11-17/h13,18,20H,1,5-11H2,2-4H3. The molecule has 0 aliphatic heterocycles. The topological polar surface area (TPSA) is 66.8 Å². The third kappa shape index (κ3) is 3.16. The van der Waals surface area contributed by atoms with E-state index in [4.69, 9.17) is 4.74 Å². The van der Waals surface area contributed by atoms with E-state index in [2.05, 4.69) is 13.5 Å². The molecule has 4 nitrogen and oxygen atoms in total. The summed E-state index contributed by atoms with van der Waals surface area (Å²) in [7, 11) is 0. The first kappa shape index (κ1) is 16.5.